The van der Waals surface area contributed by atoms with Gasteiger partial charge in [0.05, 0.1) is 17.5 Å². The summed E-state index contributed by atoms with van der Waals surface area (Å²) in [7, 11) is 1.80. The van der Waals surface area contributed by atoms with Gasteiger partial charge < -0.3 is 15.3 Å². The maximum Gasteiger partial charge on any atom is 0.272 e. The molecule has 5 nitrogen and oxygen atoms in total. The lowest BCUT2D eigenvalue weighted by Crippen LogP contribution is -2.42. The number of carbonyl (C=O) groups excluding carboxylic acids is 1. The number of carbonyl (C=O) groups is 1. The van der Waals surface area contributed by atoms with Crippen molar-refractivity contribution in [2.24, 2.45) is 0 Å². The van der Waals surface area contributed by atoms with Gasteiger partial charge in [0.25, 0.3) is 5.91 Å². The van der Waals surface area contributed by atoms with Crippen LogP contribution in [-0.2, 0) is 0 Å². The number of rotatable bonds is 5. The van der Waals surface area contributed by atoms with Crippen LogP contribution in [0.4, 0.5) is 5.69 Å². The largest absolute Gasteiger partial charge is 0.389 e. The van der Waals surface area contributed by atoms with Crippen LogP contribution in [0.15, 0.2) is 18.3 Å². The normalized spacial score (nSPS) is 11.2. The molecule has 0 aromatic carbocycles. The van der Waals surface area contributed by atoms with Crippen LogP contribution in [-0.4, -0.2) is 46.6 Å². The number of hydrogen-bond acceptors (Lipinski definition) is 4. The van der Waals surface area contributed by atoms with Crippen LogP contribution in [0.25, 0.3) is 0 Å². The molecule has 0 aliphatic rings. The Kier molecular flexibility index (Phi) is 4.67. The molecule has 1 aromatic heterocycles. The standard InChI is InChI=1S/C13H21N3O2/c1-5-16(9-13(2,3)18)12(17)11-7-6-10(14-4)8-15-11/h6-8,14,18H,5,9H2,1-4H3. The number of aliphatic hydroxyl groups is 1. The van der Waals surface area contributed by atoms with Crippen molar-refractivity contribution >= 4 is 11.6 Å². The van der Waals surface area contributed by atoms with Crippen molar-refractivity contribution in [1.29, 1.82) is 0 Å². The molecule has 5 heteroatoms. The fraction of sp³-hybridized carbons (Fsp3) is 0.538. The van der Waals surface area contributed by atoms with Crippen molar-refractivity contribution in [3.05, 3.63) is 24.0 Å². The summed E-state index contributed by atoms with van der Waals surface area (Å²) in [6, 6.07) is 3.49. The first-order valence-electron chi connectivity index (χ1n) is 6.03. The molecule has 0 aliphatic heterocycles. The van der Waals surface area contributed by atoms with Crippen LogP contribution in [0.5, 0.6) is 0 Å². The van der Waals surface area contributed by atoms with E-state index in [1.54, 1.807) is 44.1 Å². The Bertz CT molecular complexity index is 396. The number of likely N-dealkylation sites (N-methyl/N-ethyl adjacent to an activating group) is 1. The fourth-order valence-corrected chi connectivity index (χ4v) is 1.62. The zero-order valence-corrected chi connectivity index (χ0v) is 11.4. The van der Waals surface area contributed by atoms with E-state index in [9.17, 15) is 9.90 Å². The minimum Gasteiger partial charge on any atom is -0.389 e. The highest BCUT2D eigenvalue weighted by Gasteiger charge is 2.22. The molecule has 0 fully saturated rings. The van der Waals surface area contributed by atoms with E-state index in [0.29, 0.717) is 12.2 Å². The minimum atomic E-state index is -0.906. The quantitative estimate of drug-likeness (QED) is 0.829. The number of pyridine rings is 1. The molecule has 0 saturated heterocycles. The van der Waals surface area contributed by atoms with Crippen LogP contribution in [0.2, 0.25) is 0 Å². The van der Waals surface area contributed by atoms with E-state index in [0.717, 1.165) is 5.69 Å². The van der Waals surface area contributed by atoms with Crippen LogP contribution in [0, 0.1) is 0 Å². The van der Waals surface area contributed by atoms with Crippen molar-refractivity contribution in [3.63, 3.8) is 0 Å². The second-order valence-corrected chi connectivity index (χ2v) is 4.81. The predicted octanol–water partition coefficient (Wildman–Crippen LogP) is 1.36. The molecule has 100 valence electrons. The minimum absolute atomic E-state index is 0.165. The van der Waals surface area contributed by atoms with Crippen LogP contribution in [0.3, 0.4) is 0 Å². The maximum atomic E-state index is 12.2. The van der Waals surface area contributed by atoms with E-state index < -0.39 is 5.60 Å². The molecule has 0 saturated carbocycles. The molecule has 0 unspecified atom stereocenters. The van der Waals surface area contributed by atoms with Gasteiger partial charge in [-0.3, -0.25) is 4.79 Å². The van der Waals surface area contributed by atoms with Gasteiger partial charge in [0.2, 0.25) is 0 Å². The number of anilines is 1. The number of nitrogens with zero attached hydrogens (tertiary/aromatic N) is 2. The van der Waals surface area contributed by atoms with Crippen LogP contribution < -0.4 is 5.32 Å². The third-order valence-electron chi connectivity index (χ3n) is 2.52. The van der Waals surface area contributed by atoms with Gasteiger partial charge in [-0.1, -0.05) is 0 Å². The van der Waals surface area contributed by atoms with Crippen molar-refractivity contribution in [1.82, 2.24) is 9.88 Å². The molecule has 0 aliphatic carbocycles. The van der Waals surface area contributed by atoms with Crippen molar-refractivity contribution in [2.75, 3.05) is 25.5 Å². The summed E-state index contributed by atoms with van der Waals surface area (Å²) >= 11 is 0. The van der Waals surface area contributed by atoms with E-state index in [-0.39, 0.29) is 12.5 Å². The monoisotopic (exact) mass is 251 g/mol. The van der Waals surface area contributed by atoms with Crippen molar-refractivity contribution in [2.45, 2.75) is 26.4 Å². The smallest absolute Gasteiger partial charge is 0.272 e. The number of hydrogen-bond donors (Lipinski definition) is 2. The summed E-state index contributed by atoms with van der Waals surface area (Å²) in [6.45, 7) is 6.07. The maximum absolute atomic E-state index is 12.2. The van der Waals surface area contributed by atoms with Crippen molar-refractivity contribution in [3.8, 4) is 0 Å². The van der Waals surface area contributed by atoms with E-state index in [2.05, 4.69) is 10.3 Å². The summed E-state index contributed by atoms with van der Waals surface area (Å²) in [5, 5.41) is 12.7. The lowest BCUT2D eigenvalue weighted by molar-refractivity contribution is 0.0311. The van der Waals surface area contributed by atoms with Gasteiger partial charge in [0, 0.05) is 20.1 Å². The Morgan fingerprint density at radius 2 is 2.17 bits per heavy atom. The SMILES string of the molecule is CCN(CC(C)(C)O)C(=O)c1ccc(NC)cn1. The Morgan fingerprint density at radius 1 is 1.50 bits per heavy atom. The third kappa shape index (κ3) is 4.00. The molecular formula is C13H21N3O2. The van der Waals surface area contributed by atoms with E-state index in [1.165, 1.54) is 0 Å². The highest BCUT2D eigenvalue weighted by Crippen LogP contribution is 2.10. The first-order chi connectivity index (χ1) is 8.37. The Labute approximate surface area is 108 Å². The second kappa shape index (κ2) is 5.82. The van der Waals surface area contributed by atoms with E-state index in [4.69, 9.17) is 0 Å². The summed E-state index contributed by atoms with van der Waals surface area (Å²) in [6.07, 6.45) is 1.62. The van der Waals surface area contributed by atoms with Crippen LogP contribution in [0.1, 0.15) is 31.3 Å². The van der Waals surface area contributed by atoms with E-state index in [1.807, 2.05) is 6.92 Å². The average molecular weight is 251 g/mol. The van der Waals surface area contributed by atoms with Crippen molar-refractivity contribution < 1.29 is 9.90 Å². The molecule has 18 heavy (non-hydrogen) atoms. The third-order valence-corrected chi connectivity index (χ3v) is 2.52. The first kappa shape index (κ1) is 14.4. The molecule has 0 atom stereocenters. The molecule has 2 N–H and O–H groups in total. The summed E-state index contributed by atoms with van der Waals surface area (Å²) in [5.74, 6) is -0.165. The molecule has 1 aromatic rings. The van der Waals surface area contributed by atoms with Gasteiger partial charge in [-0.15, -0.1) is 0 Å². The van der Waals surface area contributed by atoms with Gasteiger partial charge in [0.1, 0.15) is 5.69 Å². The van der Waals surface area contributed by atoms with Gasteiger partial charge >= 0.3 is 0 Å². The van der Waals surface area contributed by atoms with Crippen LogP contribution >= 0.6 is 0 Å². The molecule has 1 rings (SSSR count). The van der Waals surface area contributed by atoms with Gasteiger partial charge in [-0.25, -0.2) is 4.98 Å². The lowest BCUT2D eigenvalue weighted by Gasteiger charge is -2.27. The van der Waals surface area contributed by atoms with E-state index >= 15 is 0 Å². The highest BCUT2D eigenvalue weighted by molar-refractivity contribution is 5.92. The predicted molar refractivity (Wildman–Crippen MR) is 71.7 cm³/mol. The summed E-state index contributed by atoms with van der Waals surface area (Å²) < 4.78 is 0. The first-order valence-corrected chi connectivity index (χ1v) is 6.03. The molecule has 1 amide bonds. The lowest BCUT2D eigenvalue weighted by atomic mass is 10.1. The van der Waals surface area contributed by atoms with Gasteiger partial charge in [0.15, 0.2) is 0 Å². The summed E-state index contributed by atoms with van der Waals surface area (Å²) in [5.41, 5.74) is 0.341. The Balaban J connectivity index is 2.82. The number of amides is 1. The topological polar surface area (TPSA) is 65.5 Å². The molecule has 0 radical (unpaired) electrons. The fourth-order valence-electron chi connectivity index (χ4n) is 1.62. The summed E-state index contributed by atoms with van der Waals surface area (Å²) in [4.78, 5) is 17.9. The second-order valence-electron chi connectivity index (χ2n) is 4.81. The molecule has 1 heterocycles. The molecule has 0 spiro atoms. The highest BCUT2D eigenvalue weighted by atomic mass is 16.3. The number of aromatic nitrogens is 1. The van der Waals surface area contributed by atoms with Gasteiger partial charge in [-0.05, 0) is 32.9 Å². The Morgan fingerprint density at radius 3 is 2.56 bits per heavy atom. The zero-order valence-electron chi connectivity index (χ0n) is 11.4. The Hall–Kier alpha value is -1.62. The van der Waals surface area contributed by atoms with Gasteiger partial charge in [-0.2, -0.15) is 0 Å². The zero-order chi connectivity index (χ0) is 13.8. The molecular weight excluding hydrogens is 230 g/mol. The molecule has 0 bridgehead atoms. The average Bonchev–Trinajstić information content (AvgIpc) is 2.34. The number of nitrogens with one attached hydrogen (secondary N) is 1.